The Morgan fingerprint density at radius 3 is 1.70 bits per heavy atom. The Labute approximate surface area is 328 Å². The van der Waals surface area contributed by atoms with Gasteiger partial charge in [0.1, 0.15) is 11.2 Å². The summed E-state index contributed by atoms with van der Waals surface area (Å²) in [5.74, 6) is 0. The molecule has 12 rings (SSSR count). The molecule has 3 aromatic heterocycles. The Morgan fingerprint density at radius 1 is 0.298 bits per heavy atom. The maximum Gasteiger partial charge on any atom is 0.137 e. The SMILES string of the molecule is c1ccc(-c2cccc(-n3c4ccc(-c5ccc6c(c5)c5ccccc5n6-c5cccc6oc7ccccc7c56)cc4c4c(-c5ccccc5)cccc43)c2)cc1. The summed E-state index contributed by atoms with van der Waals surface area (Å²) in [6, 6.07) is 74.5. The van der Waals surface area contributed by atoms with Crippen molar-refractivity contribution in [3.63, 3.8) is 0 Å². The molecule has 0 N–H and O–H groups in total. The number of rotatable bonds is 5. The van der Waals surface area contributed by atoms with Crippen LogP contribution in [0.1, 0.15) is 0 Å². The van der Waals surface area contributed by atoms with E-state index in [2.05, 4.69) is 209 Å². The average Bonchev–Trinajstić information content (AvgIpc) is 3.94. The van der Waals surface area contributed by atoms with Gasteiger partial charge in [0.05, 0.1) is 33.1 Å². The van der Waals surface area contributed by atoms with Crippen LogP contribution in [0.5, 0.6) is 0 Å². The highest BCUT2D eigenvalue weighted by Crippen LogP contribution is 2.43. The summed E-state index contributed by atoms with van der Waals surface area (Å²) in [7, 11) is 0. The van der Waals surface area contributed by atoms with Crippen molar-refractivity contribution in [2.75, 3.05) is 0 Å². The van der Waals surface area contributed by atoms with Crippen molar-refractivity contribution in [1.82, 2.24) is 9.13 Å². The van der Waals surface area contributed by atoms with Gasteiger partial charge in [-0.05, 0) is 100 Å². The van der Waals surface area contributed by atoms with Gasteiger partial charge in [0.25, 0.3) is 0 Å². The number of furan rings is 1. The van der Waals surface area contributed by atoms with E-state index in [1.807, 2.05) is 6.07 Å². The van der Waals surface area contributed by atoms with Crippen molar-refractivity contribution in [1.29, 1.82) is 0 Å². The molecule has 0 unspecified atom stereocenters. The Bertz CT molecular complexity index is 3510. The van der Waals surface area contributed by atoms with E-state index in [4.69, 9.17) is 4.42 Å². The second-order valence-corrected chi connectivity index (χ2v) is 14.9. The number of hydrogen-bond acceptors (Lipinski definition) is 1. The minimum atomic E-state index is 0.894. The summed E-state index contributed by atoms with van der Waals surface area (Å²) >= 11 is 0. The number of para-hydroxylation sites is 2. The third kappa shape index (κ3) is 4.86. The summed E-state index contributed by atoms with van der Waals surface area (Å²) in [5, 5.41) is 7.18. The number of fused-ring (bicyclic) bond motifs is 9. The van der Waals surface area contributed by atoms with Gasteiger partial charge in [0, 0.05) is 32.6 Å². The molecule has 266 valence electrons. The maximum atomic E-state index is 6.34. The van der Waals surface area contributed by atoms with E-state index < -0.39 is 0 Å². The first-order valence-electron chi connectivity index (χ1n) is 19.5. The zero-order chi connectivity index (χ0) is 37.5. The van der Waals surface area contributed by atoms with Gasteiger partial charge in [-0.25, -0.2) is 0 Å². The summed E-state index contributed by atoms with van der Waals surface area (Å²) in [4.78, 5) is 0. The molecule has 0 saturated heterocycles. The first-order valence-corrected chi connectivity index (χ1v) is 19.5. The van der Waals surface area contributed by atoms with Crippen molar-refractivity contribution in [3.05, 3.63) is 206 Å². The van der Waals surface area contributed by atoms with Crippen molar-refractivity contribution >= 4 is 65.6 Å². The third-order valence-electron chi connectivity index (χ3n) is 11.7. The highest BCUT2D eigenvalue weighted by atomic mass is 16.3. The number of hydrogen-bond donors (Lipinski definition) is 0. The van der Waals surface area contributed by atoms with Crippen LogP contribution in [0.4, 0.5) is 0 Å². The Kier molecular flexibility index (Phi) is 6.93. The monoisotopic (exact) mass is 726 g/mol. The molecule has 0 amide bonds. The van der Waals surface area contributed by atoms with Crippen molar-refractivity contribution in [2.24, 2.45) is 0 Å². The van der Waals surface area contributed by atoms with E-state index in [1.54, 1.807) is 0 Å². The average molecular weight is 727 g/mol. The van der Waals surface area contributed by atoms with Gasteiger partial charge in [0.2, 0.25) is 0 Å². The van der Waals surface area contributed by atoms with Gasteiger partial charge < -0.3 is 13.6 Å². The second-order valence-electron chi connectivity index (χ2n) is 14.9. The summed E-state index contributed by atoms with van der Waals surface area (Å²) in [6.45, 7) is 0. The van der Waals surface area contributed by atoms with Gasteiger partial charge >= 0.3 is 0 Å². The highest BCUT2D eigenvalue weighted by molar-refractivity contribution is 6.18. The van der Waals surface area contributed by atoms with Crippen LogP contribution in [0.25, 0.3) is 110 Å². The molecule has 57 heavy (non-hydrogen) atoms. The minimum Gasteiger partial charge on any atom is -0.456 e. The third-order valence-corrected chi connectivity index (χ3v) is 11.7. The van der Waals surface area contributed by atoms with Crippen molar-refractivity contribution < 1.29 is 4.42 Å². The van der Waals surface area contributed by atoms with Crippen LogP contribution < -0.4 is 0 Å². The molecule has 0 saturated carbocycles. The summed E-state index contributed by atoms with van der Waals surface area (Å²) in [6.07, 6.45) is 0. The first-order chi connectivity index (χ1) is 28.3. The molecule has 0 fully saturated rings. The standard InChI is InChI=1S/C54H34N2O/c1-3-14-35(15-4-1)37-18-11-19-40(32-37)55-48-31-29-39(34-45(48)53-41(22-12-24-49(53)55)36-16-5-2-6-17-36)38-28-30-47-44(33-38)42-20-7-9-23-46(42)56(47)50-25-13-27-52-54(50)43-21-8-10-26-51(43)57-52/h1-34H. The Balaban J connectivity index is 1.09. The van der Waals surface area contributed by atoms with E-state index in [9.17, 15) is 0 Å². The zero-order valence-electron chi connectivity index (χ0n) is 30.9. The van der Waals surface area contributed by atoms with E-state index in [0.29, 0.717) is 0 Å². The maximum absolute atomic E-state index is 6.34. The van der Waals surface area contributed by atoms with Crippen LogP contribution >= 0.6 is 0 Å². The van der Waals surface area contributed by atoms with Crippen LogP contribution in [-0.4, -0.2) is 9.13 Å². The fourth-order valence-corrected chi connectivity index (χ4v) is 9.20. The molecule has 0 aliphatic carbocycles. The lowest BCUT2D eigenvalue weighted by atomic mass is 9.97. The van der Waals surface area contributed by atoms with Crippen LogP contribution in [0, 0.1) is 0 Å². The molecule has 3 heteroatoms. The van der Waals surface area contributed by atoms with E-state index >= 15 is 0 Å². The molecule has 0 radical (unpaired) electrons. The molecular formula is C54H34N2O. The van der Waals surface area contributed by atoms with E-state index in [-0.39, 0.29) is 0 Å². The van der Waals surface area contributed by atoms with Gasteiger partial charge in [-0.15, -0.1) is 0 Å². The molecular weight excluding hydrogens is 693 g/mol. The predicted molar refractivity (Wildman–Crippen MR) is 239 cm³/mol. The number of benzene rings is 9. The molecule has 9 aromatic carbocycles. The van der Waals surface area contributed by atoms with E-state index in [1.165, 1.54) is 77.0 Å². The fourth-order valence-electron chi connectivity index (χ4n) is 9.20. The van der Waals surface area contributed by atoms with Gasteiger partial charge in [-0.3, -0.25) is 0 Å². The van der Waals surface area contributed by atoms with Crippen LogP contribution in [0.15, 0.2) is 211 Å². The Hall–Kier alpha value is -7.62. The lowest BCUT2D eigenvalue weighted by Crippen LogP contribution is -1.95. The van der Waals surface area contributed by atoms with Gasteiger partial charge in [0.15, 0.2) is 0 Å². The first kappa shape index (κ1) is 31.7. The molecule has 0 bridgehead atoms. The number of nitrogens with zero attached hydrogens (tertiary/aromatic N) is 2. The largest absolute Gasteiger partial charge is 0.456 e. The smallest absolute Gasteiger partial charge is 0.137 e. The molecule has 0 atom stereocenters. The molecule has 12 aromatic rings. The minimum absolute atomic E-state index is 0.894. The van der Waals surface area contributed by atoms with Gasteiger partial charge in [-0.2, -0.15) is 0 Å². The van der Waals surface area contributed by atoms with Crippen LogP contribution in [-0.2, 0) is 0 Å². The quantitative estimate of drug-likeness (QED) is 0.173. The van der Waals surface area contributed by atoms with Crippen LogP contribution in [0.2, 0.25) is 0 Å². The summed E-state index contributed by atoms with van der Waals surface area (Å²) in [5.41, 5.74) is 16.0. The number of aromatic nitrogens is 2. The van der Waals surface area contributed by atoms with E-state index in [0.717, 1.165) is 33.3 Å². The summed E-state index contributed by atoms with van der Waals surface area (Å²) < 4.78 is 11.2. The lowest BCUT2D eigenvalue weighted by Gasteiger charge is -2.11. The molecule has 3 nitrogen and oxygen atoms in total. The van der Waals surface area contributed by atoms with Crippen LogP contribution in [0.3, 0.4) is 0 Å². The zero-order valence-corrected chi connectivity index (χ0v) is 30.9. The fraction of sp³-hybridized carbons (Fsp3) is 0. The molecule has 3 heterocycles. The Morgan fingerprint density at radius 2 is 0.877 bits per heavy atom. The highest BCUT2D eigenvalue weighted by Gasteiger charge is 2.20. The normalized spacial score (nSPS) is 11.9. The second kappa shape index (κ2) is 12.5. The molecule has 0 aliphatic rings. The van der Waals surface area contributed by atoms with Gasteiger partial charge in [-0.1, -0.05) is 140 Å². The topological polar surface area (TPSA) is 23.0 Å². The van der Waals surface area contributed by atoms with Crippen molar-refractivity contribution in [3.8, 4) is 44.8 Å². The predicted octanol–water partition coefficient (Wildman–Crippen LogP) is 14.8. The molecule has 0 spiro atoms. The lowest BCUT2D eigenvalue weighted by molar-refractivity contribution is 0.669. The van der Waals surface area contributed by atoms with Crippen molar-refractivity contribution in [2.45, 2.75) is 0 Å². The molecule has 0 aliphatic heterocycles.